The first-order valence-electron chi connectivity index (χ1n) is 8.16. The van der Waals surface area contributed by atoms with Gasteiger partial charge in [-0.05, 0) is 47.5 Å². The van der Waals surface area contributed by atoms with Crippen molar-refractivity contribution in [1.82, 2.24) is 0 Å². The molecular weight excluding hydrogens is 344 g/mol. The molecule has 4 nitrogen and oxygen atoms in total. The average molecular weight is 364 g/mol. The summed E-state index contributed by atoms with van der Waals surface area (Å²) in [5.41, 5.74) is 9.58. The summed E-state index contributed by atoms with van der Waals surface area (Å²) in [6.07, 6.45) is 0. The number of ether oxygens (including phenoxy) is 1. The third-order valence-electron chi connectivity index (χ3n) is 4.11. The largest absolute Gasteiger partial charge is 0.497 e. The summed E-state index contributed by atoms with van der Waals surface area (Å²) in [7, 11) is 1.64. The number of benzene rings is 3. The number of hydrogen-bond donors (Lipinski definition) is 3. The molecule has 3 aromatic carbocycles. The zero-order chi connectivity index (χ0) is 18.5. The number of amides is 1. The van der Waals surface area contributed by atoms with Crippen LogP contribution in [0.2, 0.25) is 0 Å². The van der Waals surface area contributed by atoms with Crippen molar-refractivity contribution in [3.05, 3.63) is 89.5 Å². The van der Waals surface area contributed by atoms with Gasteiger partial charge >= 0.3 is 0 Å². The lowest BCUT2D eigenvalue weighted by Gasteiger charge is -2.14. The number of carbonyl (C=O) groups is 1. The van der Waals surface area contributed by atoms with Crippen LogP contribution in [0.4, 0.5) is 11.4 Å². The quantitative estimate of drug-likeness (QED) is 0.460. The molecule has 0 aliphatic carbocycles. The van der Waals surface area contributed by atoms with E-state index in [0.717, 1.165) is 16.9 Å². The van der Waals surface area contributed by atoms with Gasteiger partial charge in [0.1, 0.15) is 5.75 Å². The highest BCUT2D eigenvalue weighted by atomic mass is 32.1. The lowest BCUT2D eigenvalue weighted by molar-refractivity contribution is 0.102. The molecule has 5 heteroatoms. The number of carbonyl (C=O) groups excluding carboxylic acids is 1. The molecule has 0 saturated heterocycles. The fraction of sp³-hybridized carbons (Fsp3) is 0.0952. The molecule has 0 spiro atoms. The van der Waals surface area contributed by atoms with Crippen LogP contribution in [-0.2, 0) is 0 Å². The lowest BCUT2D eigenvalue weighted by atomic mass is 10.0. The minimum atomic E-state index is -0.202. The van der Waals surface area contributed by atoms with E-state index in [4.69, 9.17) is 23.1 Å². The van der Waals surface area contributed by atoms with Gasteiger partial charge in [0.05, 0.1) is 23.7 Å². The SMILES string of the molecule is COc1cccc(C(S)c2ccc(C(=O)Nc3ccccc3N)cc2)c1. The fourth-order valence-electron chi connectivity index (χ4n) is 2.63. The fourth-order valence-corrected chi connectivity index (χ4v) is 2.96. The summed E-state index contributed by atoms with van der Waals surface area (Å²) in [4.78, 5) is 12.4. The van der Waals surface area contributed by atoms with E-state index < -0.39 is 0 Å². The number of nitrogen functional groups attached to an aromatic ring is 1. The van der Waals surface area contributed by atoms with Gasteiger partial charge in [0.2, 0.25) is 0 Å². The summed E-state index contributed by atoms with van der Waals surface area (Å²) in [6, 6.07) is 22.3. The maximum absolute atomic E-state index is 12.4. The number of anilines is 2. The van der Waals surface area contributed by atoms with Gasteiger partial charge in [0.25, 0.3) is 5.91 Å². The van der Waals surface area contributed by atoms with E-state index in [1.807, 2.05) is 48.5 Å². The van der Waals surface area contributed by atoms with Gasteiger partial charge in [-0.1, -0.05) is 36.4 Å². The van der Waals surface area contributed by atoms with Crippen molar-refractivity contribution in [3.8, 4) is 5.75 Å². The smallest absolute Gasteiger partial charge is 0.255 e. The van der Waals surface area contributed by atoms with Crippen molar-refractivity contribution >= 4 is 29.9 Å². The predicted octanol–water partition coefficient (Wildman–Crippen LogP) is 4.55. The molecule has 0 heterocycles. The van der Waals surface area contributed by atoms with Crippen LogP contribution in [-0.4, -0.2) is 13.0 Å². The summed E-state index contributed by atoms with van der Waals surface area (Å²) >= 11 is 4.70. The lowest BCUT2D eigenvalue weighted by Crippen LogP contribution is -2.13. The van der Waals surface area contributed by atoms with Crippen LogP contribution in [0.5, 0.6) is 5.75 Å². The summed E-state index contributed by atoms with van der Waals surface area (Å²) in [5.74, 6) is 0.588. The first-order valence-corrected chi connectivity index (χ1v) is 8.68. The zero-order valence-electron chi connectivity index (χ0n) is 14.3. The predicted molar refractivity (Wildman–Crippen MR) is 109 cm³/mol. The third-order valence-corrected chi connectivity index (χ3v) is 4.70. The van der Waals surface area contributed by atoms with Crippen molar-refractivity contribution in [3.63, 3.8) is 0 Å². The van der Waals surface area contributed by atoms with Gasteiger partial charge in [-0.25, -0.2) is 0 Å². The first kappa shape index (κ1) is 17.9. The molecular formula is C21H20N2O2S. The standard InChI is InChI=1S/C21H20N2O2S/c1-25-17-6-4-5-16(13-17)20(26)14-9-11-15(12-10-14)21(24)23-19-8-3-2-7-18(19)22/h2-13,20,26H,22H2,1H3,(H,23,24). The molecule has 0 aliphatic heterocycles. The maximum atomic E-state index is 12.4. The summed E-state index contributed by atoms with van der Waals surface area (Å²) in [5, 5.41) is 2.72. The Labute approximate surface area is 158 Å². The normalized spacial score (nSPS) is 11.6. The number of nitrogens with one attached hydrogen (secondary N) is 1. The molecule has 0 aromatic heterocycles. The molecule has 0 bridgehead atoms. The van der Waals surface area contributed by atoms with E-state index in [1.165, 1.54) is 0 Å². The molecule has 0 aliphatic rings. The molecule has 132 valence electrons. The van der Waals surface area contributed by atoms with Gasteiger partial charge in [-0.15, -0.1) is 0 Å². The van der Waals surface area contributed by atoms with Gasteiger partial charge < -0.3 is 15.8 Å². The Hall–Kier alpha value is -2.92. The highest BCUT2D eigenvalue weighted by molar-refractivity contribution is 7.80. The Morgan fingerprint density at radius 1 is 1.00 bits per heavy atom. The van der Waals surface area contributed by atoms with Crippen molar-refractivity contribution in [2.24, 2.45) is 0 Å². The number of nitrogens with two attached hydrogens (primary N) is 1. The van der Waals surface area contributed by atoms with Crippen LogP contribution in [0.3, 0.4) is 0 Å². The van der Waals surface area contributed by atoms with E-state index in [1.54, 1.807) is 31.4 Å². The number of rotatable bonds is 5. The van der Waals surface area contributed by atoms with Crippen LogP contribution in [0.15, 0.2) is 72.8 Å². The Morgan fingerprint density at radius 2 is 1.73 bits per heavy atom. The van der Waals surface area contributed by atoms with Crippen LogP contribution in [0, 0.1) is 0 Å². The monoisotopic (exact) mass is 364 g/mol. The van der Waals surface area contributed by atoms with Gasteiger partial charge in [0.15, 0.2) is 0 Å². The van der Waals surface area contributed by atoms with Crippen LogP contribution >= 0.6 is 12.6 Å². The second kappa shape index (κ2) is 7.97. The molecule has 3 aromatic rings. The first-order chi connectivity index (χ1) is 12.6. The van der Waals surface area contributed by atoms with Crippen molar-refractivity contribution in [2.45, 2.75) is 5.25 Å². The number of para-hydroxylation sites is 2. The van der Waals surface area contributed by atoms with Gasteiger partial charge in [-0.2, -0.15) is 12.6 Å². The van der Waals surface area contributed by atoms with Crippen LogP contribution < -0.4 is 15.8 Å². The van der Waals surface area contributed by atoms with E-state index >= 15 is 0 Å². The molecule has 0 saturated carbocycles. The second-order valence-corrected chi connectivity index (χ2v) is 6.36. The Morgan fingerprint density at radius 3 is 2.42 bits per heavy atom. The highest BCUT2D eigenvalue weighted by Gasteiger charge is 2.12. The third kappa shape index (κ3) is 4.00. The zero-order valence-corrected chi connectivity index (χ0v) is 15.2. The molecule has 0 radical (unpaired) electrons. The average Bonchev–Trinajstić information content (AvgIpc) is 2.69. The molecule has 3 rings (SSSR count). The molecule has 26 heavy (non-hydrogen) atoms. The number of methoxy groups -OCH3 is 1. The van der Waals surface area contributed by atoms with Crippen molar-refractivity contribution in [1.29, 1.82) is 0 Å². The van der Waals surface area contributed by atoms with Crippen LogP contribution in [0.25, 0.3) is 0 Å². The molecule has 0 fully saturated rings. The summed E-state index contributed by atoms with van der Waals surface area (Å²) in [6.45, 7) is 0. The number of thiol groups is 1. The van der Waals surface area contributed by atoms with E-state index in [9.17, 15) is 4.79 Å². The molecule has 1 atom stereocenters. The number of hydrogen-bond acceptors (Lipinski definition) is 4. The van der Waals surface area contributed by atoms with E-state index in [0.29, 0.717) is 16.9 Å². The summed E-state index contributed by atoms with van der Waals surface area (Å²) < 4.78 is 5.26. The van der Waals surface area contributed by atoms with E-state index in [2.05, 4.69) is 5.32 Å². The minimum absolute atomic E-state index is 0.105. The highest BCUT2D eigenvalue weighted by Crippen LogP contribution is 2.30. The topological polar surface area (TPSA) is 64.3 Å². The molecule has 3 N–H and O–H groups in total. The van der Waals surface area contributed by atoms with Gasteiger partial charge in [-0.3, -0.25) is 4.79 Å². The minimum Gasteiger partial charge on any atom is -0.497 e. The Bertz CT molecular complexity index is 910. The Kier molecular flexibility index (Phi) is 5.49. The van der Waals surface area contributed by atoms with Crippen molar-refractivity contribution in [2.75, 3.05) is 18.2 Å². The van der Waals surface area contributed by atoms with Gasteiger partial charge in [0, 0.05) is 5.56 Å². The maximum Gasteiger partial charge on any atom is 0.255 e. The Balaban J connectivity index is 1.75. The van der Waals surface area contributed by atoms with Crippen LogP contribution in [0.1, 0.15) is 26.7 Å². The molecule has 1 amide bonds. The second-order valence-electron chi connectivity index (χ2n) is 5.84. The van der Waals surface area contributed by atoms with E-state index in [-0.39, 0.29) is 11.2 Å². The van der Waals surface area contributed by atoms with Crippen molar-refractivity contribution < 1.29 is 9.53 Å². The molecule has 1 unspecified atom stereocenters.